The number of rotatable bonds is 3. The molecule has 2 N–H and O–H groups in total. The zero-order chi connectivity index (χ0) is 13.2. The Bertz CT molecular complexity index is 610. The van der Waals surface area contributed by atoms with Gasteiger partial charge < -0.3 is 10.4 Å². The molecular formula is C15H17N3O. The zero-order valence-electron chi connectivity index (χ0n) is 11.0. The third-order valence-corrected chi connectivity index (χ3v) is 3.38. The lowest BCUT2D eigenvalue weighted by Crippen LogP contribution is -2.06. The minimum absolute atomic E-state index is 0.242. The van der Waals surface area contributed by atoms with E-state index in [0.717, 1.165) is 42.9 Å². The Morgan fingerprint density at radius 2 is 2.16 bits per heavy atom. The maximum absolute atomic E-state index is 9.57. The number of aryl methyl sites for hydroxylation is 1. The number of nitrogens with one attached hydrogen (secondary N) is 1. The number of phenolic OH excluding ortho intramolecular Hbond substituents is 1. The lowest BCUT2D eigenvalue weighted by Gasteiger charge is -2.11. The van der Waals surface area contributed by atoms with Gasteiger partial charge in [-0.1, -0.05) is 12.1 Å². The van der Waals surface area contributed by atoms with Gasteiger partial charge in [0.25, 0.3) is 0 Å². The molecule has 0 aliphatic heterocycles. The van der Waals surface area contributed by atoms with Crippen LogP contribution in [0.1, 0.15) is 24.6 Å². The van der Waals surface area contributed by atoms with Gasteiger partial charge in [-0.25, -0.2) is 9.97 Å². The van der Waals surface area contributed by atoms with Crippen molar-refractivity contribution >= 4 is 5.82 Å². The molecule has 0 atom stereocenters. The van der Waals surface area contributed by atoms with E-state index in [9.17, 15) is 5.11 Å². The average Bonchev–Trinajstić information content (AvgIpc) is 2.87. The van der Waals surface area contributed by atoms with Gasteiger partial charge in [0.2, 0.25) is 0 Å². The zero-order valence-corrected chi connectivity index (χ0v) is 11.0. The van der Waals surface area contributed by atoms with E-state index in [4.69, 9.17) is 0 Å². The third-order valence-electron chi connectivity index (χ3n) is 3.38. The molecule has 1 aromatic carbocycles. The number of benzene rings is 1. The van der Waals surface area contributed by atoms with Crippen LogP contribution in [0, 0.1) is 0 Å². The van der Waals surface area contributed by atoms with Crippen molar-refractivity contribution < 1.29 is 5.11 Å². The first-order valence-corrected chi connectivity index (χ1v) is 6.71. The van der Waals surface area contributed by atoms with E-state index < -0.39 is 0 Å². The van der Waals surface area contributed by atoms with Gasteiger partial charge in [-0.15, -0.1) is 0 Å². The highest BCUT2D eigenvalue weighted by atomic mass is 16.3. The van der Waals surface area contributed by atoms with Crippen molar-refractivity contribution in [3.05, 3.63) is 35.5 Å². The summed E-state index contributed by atoms with van der Waals surface area (Å²) in [6, 6.07) is 7.09. The fourth-order valence-corrected chi connectivity index (χ4v) is 2.52. The molecule has 4 nitrogen and oxygen atoms in total. The summed E-state index contributed by atoms with van der Waals surface area (Å²) >= 11 is 0. The van der Waals surface area contributed by atoms with Gasteiger partial charge in [0, 0.05) is 23.4 Å². The molecular weight excluding hydrogens is 238 g/mol. The first kappa shape index (κ1) is 12.0. The minimum Gasteiger partial charge on any atom is -0.508 e. The van der Waals surface area contributed by atoms with Crippen molar-refractivity contribution in [3.63, 3.8) is 0 Å². The molecule has 1 aliphatic carbocycles. The van der Waals surface area contributed by atoms with Crippen LogP contribution >= 0.6 is 0 Å². The quantitative estimate of drug-likeness (QED) is 0.885. The molecule has 2 aromatic rings. The Balaban J connectivity index is 2.10. The molecule has 3 rings (SSSR count). The SMILES string of the molecule is CCNc1nc(-c2cccc(O)c2)nc2c1CCC2. The van der Waals surface area contributed by atoms with Crippen LogP contribution in [0.5, 0.6) is 5.75 Å². The fraction of sp³-hybridized carbons (Fsp3) is 0.333. The van der Waals surface area contributed by atoms with E-state index in [1.54, 1.807) is 12.1 Å². The molecule has 1 aliphatic rings. The van der Waals surface area contributed by atoms with Crippen LogP contribution in [-0.2, 0) is 12.8 Å². The Kier molecular flexibility index (Phi) is 3.07. The Labute approximate surface area is 112 Å². The number of aromatic nitrogens is 2. The maximum atomic E-state index is 9.57. The van der Waals surface area contributed by atoms with E-state index >= 15 is 0 Å². The highest BCUT2D eigenvalue weighted by molar-refractivity contribution is 5.62. The smallest absolute Gasteiger partial charge is 0.161 e. The molecule has 0 saturated heterocycles. The maximum Gasteiger partial charge on any atom is 0.161 e. The van der Waals surface area contributed by atoms with Crippen molar-refractivity contribution in [2.75, 3.05) is 11.9 Å². The normalized spacial score (nSPS) is 13.3. The van der Waals surface area contributed by atoms with Crippen LogP contribution < -0.4 is 5.32 Å². The second-order valence-corrected chi connectivity index (χ2v) is 4.76. The first-order valence-electron chi connectivity index (χ1n) is 6.71. The van der Waals surface area contributed by atoms with Crippen LogP contribution in [0.2, 0.25) is 0 Å². The molecule has 0 radical (unpaired) electrons. The molecule has 0 saturated carbocycles. The molecule has 19 heavy (non-hydrogen) atoms. The van der Waals surface area contributed by atoms with Gasteiger partial charge in [-0.3, -0.25) is 0 Å². The van der Waals surface area contributed by atoms with Crippen molar-refractivity contribution in [2.24, 2.45) is 0 Å². The van der Waals surface area contributed by atoms with E-state index in [-0.39, 0.29) is 5.75 Å². The lowest BCUT2D eigenvalue weighted by atomic mass is 10.1. The number of fused-ring (bicyclic) bond motifs is 1. The van der Waals surface area contributed by atoms with Crippen molar-refractivity contribution in [3.8, 4) is 17.1 Å². The summed E-state index contributed by atoms with van der Waals surface area (Å²) in [5, 5.41) is 12.9. The standard InChI is InChI=1S/C15H17N3O/c1-2-16-15-12-7-4-8-13(12)17-14(18-15)10-5-3-6-11(19)9-10/h3,5-6,9,19H,2,4,7-8H2,1H3,(H,16,17,18). The van der Waals surface area contributed by atoms with E-state index in [0.29, 0.717) is 5.82 Å². The van der Waals surface area contributed by atoms with Crippen LogP contribution in [0.4, 0.5) is 5.82 Å². The summed E-state index contributed by atoms with van der Waals surface area (Å²) < 4.78 is 0. The first-order chi connectivity index (χ1) is 9.28. The van der Waals surface area contributed by atoms with Crippen LogP contribution in [-0.4, -0.2) is 21.6 Å². The Morgan fingerprint density at radius 1 is 1.26 bits per heavy atom. The predicted molar refractivity (Wildman–Crippen MR) is 75.3 cm³/mol. The van der Waals surface area contributed by atoms with Crippen LogP contribution in [0.3, 0.4) is 0 Å². The molecule has 0 bridgehead atoms. The molecule has 0 fully saturated rings. The summed E-state index contributed by atoms with van der Waals surface area (Å²) in [6.45, 7) is 2.92. The van der Waals surface area contributed by atoms with Gasteiger partial charge in [-0.2, -0.15) is 0 Å². The summed E-state index contributed by atoms with van der Waals surface area (Å²) in [5.74, 6) is 1.88. The number of hydrogen-bond acceptors (Lipinski definition) is 4. The number of nitrogens with zero attached hydrogens (tertiary/aromatic N) is 2. The molecule has 0 amide bonds. The highest BCUT2D eigenvalue weighted by Crippen LogP contribution is 2.29. The summed E-state index contributed by atoms with van der Waals surface area (Å²) in [7, 11) is 0. The van der Waals surface area contributed by atoms with Crippen molar-refractivity contribution in [1.82, 2.24) is 9.97 Å². The second-order valence-electron chi connectivity index (χ2n) is 4.76. The molecule has 1 aromatic heterocycles. The monoisotopic (exact) mass is 255 g/mol. The highest BCUT2D eigenvalue weighted by Gasteiger charge is 2.19. The van der Waals surface area contributed by atoms with Crippen LogP contribution in [0.15, 0.2) is 24.3 Å². The fourth-order valence-electron chi connectivity index (χ4n) is 2.52. The molecule has 4 heteroatoms. The van der Waals surface area contributed by atoms with Gasteiger partial charge in [0.1, 0.15) is 11.6 Å². The number of aromatic hydroxyl groups is 1. The third kappa shape index (κ3) is 2.26. The number of anilines is 1. The minimum atomic E-state index is 0.242. The van der Waals surface area contributed by atoms with Gasteiger partial charge in [0.15, 0.2) is 5.82 Å². The van der Waals surface area contributed by atoms with Crippen molar-refractivity contribution in [1.29, 1.82) is 0 Å². The van der Waals surface area contributed by atoms with E-state index in [1.165, 1.54) is 5.56 Å². The molecule has 98 valence electrons. The molecule has 0 spiro atoms. The lowest BCUT2D eigenvalue weighted by molar-refractivity contribution is 0.475. The van der Waals surface area contributed by atoms with Gasteiger partial charge >= 0.3 is 0 Å². The molecule has 1 heterocycles. The largest absolute Gasteiger partial charge is 0.508 e. The van der Waals surface area contributed by atoms with E-state index in [2.05, 4.69) is 22.2 Å². The number of phenols is 1. The number of hydrogen-bond donors (Lipinski definition) is 2. The summed E-state index contributed by atoms with van der Waals surface area (Å²) in [5.41, 5.74) is 3.25. The second kappa shape index (κ2) is 4.88. The van der Waals surface area contributed by atoms with Crippen molar-refractivity contribution in [2.45, 2.75) is 26.2 Å². The Morgan fingerprint density at radius 3 is 2.95 bits per heavy atom. The van der Waals surface area contributed by atoms with Gasteiger partial charge in [-0.05, 0) is 38.3 Å². The average molecular weight is 255 g/mol. The van der Waals surface area contributed by atoms with E-state index in [1.807, 2.05) is 12.1 Å². The summed E-state index contributed by atoms with van der Waals surface area (Å²) in [4.78, 5) is 9.26. The van der Waals surface area contributed by atoms with Gasteiger partial charge in [0.05, 0.1) is 0 Å². The Hall–Kier alpha value is -2.10. The van der Waals surface area contributed by atoms with Crippen LogP contribution in [0.25, 0.3) is 11.4 Å². The predicted octanol–water partition coefficient (Wildman–Crippen LogP) is 2.77. The topological polar surface area (TPSA) is 58.0 Å². The molecule has 0 unspecified atom stereocenters. The summed E-state index contributed by atoms with van der Waals surface area (Å²) in [6.07, 6.45) is 3.21.